The van der Waals surface area contributed by atoms with Crippen LogP contribution in [0.2, 0.25) is 10.0 Å². The van der Waals surface area contributed by atoms with Gasteiger partial charge in [-0.2, -0.15) is 0 Å². The van der Waals surface area contributed by atoms with E-state index in [2.05, 4.69) is 0 Å². The molecule has 1 aromatic rings. The molecule has 0 spiro atoms. The SMILES string of the molecule is NC(c1cc(Cl)ccc1Cl)C1CC1. The molecular formula is C10H11Cl2N. The van der Waals surface area contributed by atoms with Crippen molar-refractivity contribution in [1.29, 1.82) is 0 Å². The summed E-state index contributed by atoms with van der Waals surface area (Å²) in [5.74, 6) is 0.607. The normalized spacial score (nSPS) is 18.7. The van der Waals surface area contributed by atoms with Crippen LogP contribution in [0.5, 0.6) is 0 Å². The third-order valence-electron chi connectivity index (χ3n) is 2.45. The van der Waals surface area contributed by atoms with Gasteiger partial charge in [0.05, 0.1) is 0 Å². The number of rotatable bonds is 2. The van der Waals surface area contributed by atoms with Crippen molar-refractivity contribution < 1.29 is 0 Å². The summed E-state index contributed by atoms with van der Waals surface area (Å²) in [6.45, 7) is 0. The minimum atomic E-state index is 0.0613. The van der Waals surface area contributed by atoms with E-state index in [1.54, 1.807) is 6.07 Å². The quantitative estimate of drug-likeness (QED) is 0.805. The molecule has 1 fully saturated rings. The summed E-state index contributed by atoms with van der Waals surface area (Å²) >= 11 is 11.9. The highest BCUT2D eigenvalue weighted by atomic mass is 35.5. The number of hydrogen-bond donors (Lipinski definition) is 1. The van der Waals surface area contributed by atoms with E-state index in [0.29, 0.717) is 10.9 Å². The van der Waals surface area contributed by atoms with Gasteiger partial charge in [-0.3, -0.25) is 0 Å². The van der Waals surface area contributed by atoms with Crippen molar-refractivity contribution in [2.45, 2.75) is 18.9 Å². The van der Waals surface area contributed by atoms with Gasteiger partial charge in [0.2, 0.25) is 0 Å². The monoisotopic (exact) mass is 215 g/mol. The molecule has 2 N–H and O–H groups in total. The standard InChI is InChI=1S/C10H11Cl2N/c11-7-3-4-9(12)8(5-7)10(13)6-1-2-6/h3-6,10H,1-2,13H2. The van der Waals surface area contributed by atoms with Crippen molar-refractivity contribution in [1.82, 2.24) is 0 Å². The Morgan fingerprint density at radius 2 is 2.00 bits per heavy atom. The van der Waals surface area contributed by atoms with Crippen molar-refractivity contribution >= 4 is 23.2 Å². The van der Waals surface area contributed by atoms with Crippen LogP contribution in [0.15, 0.2) is 18.2 Å². The van der Waals surface area contributed by atoms with Crippen LogP contribution in [0.1, 0.15) is 24.4 Å². The molecule has 1 nitrogen and oxygen atoms in total. The molecule has 1 atom stereocenters. The molecule has 0 aliphatic heterocycles. The van der Waals surface area contributed by atoms with Crippen molar-refractivity contribution in [3.05, 3.63) is 33.8 Å². The smallest absolute Gasteiger partial charge is 0.0454 e. The Morgan fingerprint density at radius 1 is 1.31 bits per heavy atom. The molecule has 0 radical (unpaired) electrons. The molecule has 1 saturated carbocycles. The van der Waals surface area contributed by atoms with E-state index in [4.69, 9.17) is 28.9 Å². The lowest BCUT2D eigenvalue weighted by atomic mass is 10.0. The number of nitrogens with two attached hydrogens (primary N) is 1. The van der Waals surface area contributed by atoms with Gasteiger partial charge >= 0.3 is 0 Å². The summed E-state index contributed by atoms with van der Waals surface area (Å²) in [5.41, 5.74) is 7.01. The molecule has 13 heavy (non-hydrogen) atoms. The summed E-state index contributed by atoms with van der Waals surface area (Å²) in [4.78, 5) is 0. The molecule has 1 aliphatic carbocycles. The van der Waals surface area contributed by atoms with Crippen LogP contribution in [-0.2, 0) is 0 Å². The van der Waals surface area contributed by atoms with Crippen LogP contribution < -0.4 is 5.73 Å². The fourth-order valence-corrected chi connectivity index (χ4v) is 1.90. The Balaban J connectivity index is 2.31. The lowest BCUT2D eigenvalue weighted by molar-refractivity contribution is 0.634. The summed E-state index contributed by atoms with van der Waals surface area (Å²) in [6, 6.07) is 5.52. The van der Waals surface area contributed by atoms with Crippen LogP contribution in [0.25, 0.3) is 0 Å². The lowest BCUT2D eigenvalue weighted by Gasteiger charge is -2.12. The van der Waals surface area contributed by atoms with Crippen LogP contribution in [0.3, 0.4) is 0 Å². The molecule has 3 heteroatoms. The highest BCUT2D eigenvalue weighted by Gasteiger charge is 2.30. The number of halogens is 2. The predicted molar refractivity (Wildman–Crippen MR) is 56.1 cm³/mol. The third-order valence-corrected chi connectivity index (χ3v) is 3.03. The Kier molecular flexibility index (Phi) is 2.50. The molecule has 1 aromatic carbocycles. The summed E-state index contributed by atoms with van der Waals surface area (Å²) in [7, 11) is 0. The van der Waals surface area contributed by atoms with Crippen LogP contribution in [0.4, 0.5) is 0 Å². The zero-order valence-corrected chi connectivity index (χ0v) is 8.65. The van der Waals surface area contributed by atoms with E-state index in [1.165, 1.54) is 12.8 Å². The molecule has 0 bridgehead atoms. The van der Waals surface area contributed by atoms with E-state index in [0.717, 1.165) is 10.6 Å². The van der Waals surface area contributed by atoms with Gasteiger partial charge in [-0.25, -0.2) is 0 Å². The summed E-state index contributed by atoms with van der Waals surface area (Å²) in [6.07, 6.45) is 2.42. The average molecular weight is 216 g/mol. The first kappa shape index (κ1) is 9.32. The summed E-state index contributed by atoms with van der Waals surface area (Å²) in [5, 5.41) is 1.43. The Morgan fingerprint density at radius 3 is 2.62 bits per heavy atom. The largest absolute Gasteiger partial charge is 0.324 e. The second-order valence-corrected chi connectivity index (χ2v) is 4.37. The summed E-state index contributed by atoms with van der Waals surface area (Å²) < 4.78 is 0. The Hall–Kier alpha value is -0.240. The molecule has 70 valence electrons. The maximum absolute atomic E-state index is 6.03. The third kappa shape index (κ3) is 1.98. The second kappa shape index (κ2) is 3.49. The predicted octanol–water partition coefficient (Wildman–Crippen LogP) is 3.40. The van der Waals surface area contributed by atoms with E-state index >= 15 is 0 Å². The molecule has 2 rings (SSSR count). The van der Waals surface area contributed by atoms with E-state index < -0.39 is 0 Å². The Labute approximate surface area is 87.8 Å². The molecule has 0 saturated heterocycles. The van der Waals surface area contributed by atoms with Crippen LogP contribution in [0, 0.1) is 5.92 Å². The zero-order valence-electron chi connectivity index (χ0n) is 7.13. The minimum absolute atomic E-state index is 0.0613. The van der Waals surface area contributed by atoms with Crippen LogP contribution >= 0.6 is 23.2 Å². The highest BCUT2D eigenvalue weighted by molar-refractivity contribution is 6.33. The van der Waals surface area contributed by atoms with Gasteiger partial charge in [-0.05, 0) is 42.5 Å². The molecule has 0 aromatic heterocycles. The number of hydrogen-bond acceptors (Lipinski definition) is 1. The second-order valence-electron chi connectivity index (χ2n) is 3.53. The van der Waals surface area contributed by atoms with E-state index in [9.17, 15) is 0 Å². The van der Waals surface area contributed by atoms with Gasteiger partial charge in [0, 0.05) is 16.1 Å². The van der Waals surface area contributed by atoms with Crippen molar-refractivity contribution in [3.8, 4) is 0 Å². The fourth-order valence-electron chi connectivity index (χ4n) is 1.48. The molecule has 0 heterocycles. The van der Waals surface area contributed by atoms with Crippen molar-refractivity contribution in [2.75, 3.05) is 0 Å². The van der Waals surface area contributed by atoms with Crippen molar-refractivity contribution in [3.63, 3.8) is 0 Å². The maximum atomic E-state index is 6.03. The van der Waals surface area contributed by atoms with E-state index in [-0.39, 0.29) is 6.04 Å². The van der Waals surface area contributed by atoms with Gasteiger partial charge in [-0.1, -0.05) is 23.2 Å². The van der Waals surface area contributed by atoms with Crippen molar-refractivity contribution in [2.24, 2.45) is 11.7 Å². The first-order valence-corrected chi connectivity index (χ1v) is 5.14. The Bertz CT molecular complexity index is 321. The lowest BCUT2D eigenvalue weighted by Crippen LogP contribution is -2.12. The highest BCUT2D eigenvalue weighted by Crippen LogP contribution is 2.41. The number of benzene rings is 1. The van der Waals surface area contributed by atoms with Gasteiger partial charge in [0.25, 0.3) is 0 Å². The van der Waals surface area contributed by atoms with Gasteiger partial charge in [0.15, 0.2) is 0 Å². The minimum Gasteiger partial charge on any atom is -0.324 e. The molecule has 1 aliphatic rings. The molecule has 0 amide bonds. The van der Waals surface area contributed by atoms with Gasteiger partial charge in [-0.15, -0.1) is 0 Å². The molecule has 1 unspecified atom stereocenters. The zero-order chi connectivity index (χ0) is 9.42. The molecular weight excluding hydrogens is 205 g/mol. The average Bonchev–Trinajstić information content (AvgIpc) is 2.91. The van der Waals surface area contributed by atoms with E-state index in [1.807, 2.05) is 12.1 Å². The van der Waals surface area contributed by atoms with Gasteiger partial charge < -0.3 is 5.73 Å². The topological polar surface area (TPSA) is 26.0 Å². The van der Waals surface area contributed by atoms with Gasteiger partial charge in [0.1, 0.15) is 0 Å². The first-order chi connectivity index (χ1) is 6.18. The maximum Gasteiger partial charge on any atom is 0.0454 e. The van der Waals surface area contributed by atoms with Crippen LogP contribution in [-0.4, -0.2) is 0 Å². The first-order valence-electron chi connectivity index (χ1n) is 4.39. The fraction of sp³-hybridized carbons (Fsp3) is 0.400.